The van der Waals surface area contributed by atoms with Crippen LogP contribution in [0.25, 0.3) is 0 Å². The van der Waals surface area contributed by atoms with Gasteiger partial charge >= 0.3 is 0 Å². The van der Waals surface area contributed by atoms with Crippen molar-refractivity contribution in [2.45, 2.75) is 44.9 Å². The highest BCUT2D eigenvalue weighted by molar-refractivity contribution is 5.96. The second-order valence-electron chi connectivity index (χ2n) is 7.44. The molecule has 0 aliphatic heterocycles. The van der Waals surface area contributed by atoms with Crippen molar-refractivity contribution in [1.29, 1.82) is 0 Å². The Morgan fingerprint density at radius 3 is 1.80 bits per heavy atom. The van der Waals surface area contributed by atoms with E-state index in [1.54, 1.807) is 0 Å². The van der Waals surface area contributed by atoms with Crippen LogP contribution in [0.5, 0.6) is 0 Å². The fourth-order valence-electron chi connectivity index (χ4n) is 4.11. The predicted octanol–water partition coefficient (Wildman–Crippen LogP) is 2.29. The minimum Gasteiger partial charge on any atom is -0.273 e. The maximum absolute atomic E-state index is 11.8. The van der Waals surface area contributed by atoms with E-state index in [0.717, 1.165) is 37.1 Å². The van der Waals surface area contributed by atoms with Crippen LogP contribution >= 0.6 is 0 Å². The maximum Gasteiger partial charge on any atom is 0.240 e. The average Bonchev–Trinajstić information content (AvgIpc) is 3.11. The van der Waals surface area contributed by atoms with Gasteiger partial charge in [0.2, 0.25) is 11.8 Å². The van der Waals surface area contributed by atoms with Crippen LogP contribution in [0.2, 0.25) is 0 Å². The van der Waals surface area contributed by atoms with Crippen LogP contribution in [0.1, 0.15) is 44.9 Å². The molecule has 2 amide bonds. The number of hydrazone groups is 2. The second-order valence-corrected chi connectivity index (χ2v) is 7.44. The lowest BCUT2D eigenvalue weighted by atomic mass is 9.74. The lowest BCUT2D eigenvalue weighted by Gasteiger charge is -2.31. The number of hydrogen-bond acceptors (Lipinski definition) is 4. The van der Waals surface area contributed by atoms with Gasteiger partial charge in [-0.2, -0.15) is 10.2 Å². The summed E-state index contributed by atoms with van der Waals surface area (Å²) in [5, 5.41) is 8.43. The molecule has 0 heterocycles. The van der Waals surface area contributed by atoms with Gasteiger partial charge in [0, 0.05) is 36.1 Å². The molecule has 4 unspecified atom stereocenters. The van der Waals surface area contributed by atoms with Gasteiger partial charge in [-0.25, -0.2) is 10.9 Å². The quantitative estimate of drug-likeness (QED) is 0.574. The molecule has 4 aliphatic rings. The Bertz CT molecular complexity index is 634. The van der Waals surface area contributed by atoms with Gasteiger partial charge in [-0.1, -0.05) is 24.3 Å². The van der Waals surface area contributed by atoms with E-state index in [2.05, 4.69) is 45.4 Å². The van der Waals surface area contributed by atoms with Crippen LogP contribution < -0.4 is 10.9 Å². The summed E-state index contributed by atoms with van der Waals surface area (Å²) < 4.78 is 0. The summed E-state index contributed by atoms with van der Waals surface area (Å²) in [7, 11) is 0. The zero-order chi connectivity index (χ0) is 17.2. The number of nitrogens with zero attached hydrogens (tertiary/aromatic N) is 2. The molecule has 25 heavy (non-hydrogen) atoms. The molecule has 2 fully saturated rings. The third-order valence-corrected chi connectivity index (χ3v) is 5.75. The number of allylic oxidation sites excluding steroid dienone is 4. The highest BCUT2D eigenvalue weighted by Gasteiger charge is 2.38. The third-order valence-electron chi connectivity index (χ3n) is 5.75. The van der Waals surface area contributed by atoms with Gasteiger partial charge < -0.3 is 0 Å². The largest absolute Gasteiger partial charge is 0.273 e. The van der Waals surface area contributed by atoms with Crippen LogP contribution in [-0.4, -0.2) is 23.2 Å². The van der Waals surface area contributed by atoms with E-state index in [4.69, 9.17) is 0 Å². The van der Waals surface area contributed by atoms with Gasteiger partial charge in [0.15, 0.2) is 0 Å². The fourth-order valence-corrected chi connectivity index (χ4v) is 4.11. The Morgan fingerprint density at radius 1 is 0.880 bits per heavy atom. The zero-order valence-electron chi connectivity index (χ0n) is 14.3. The first-order valence-corrected chi connectivity index (χ1v) is 9.24. The Morgan fingerprint density at radius 2 is 1.36 bits per heavy atom. The monoisotopic (exact) mass is 340 g/mol. The topological polar surface area (TPSA) is 82.9 Å². The van der Waals surface area contributed by atoms with E-state index in [0.29, 0.717) is 42.9 Å². The third kappa shape index (κ3) is 3.43. The molecule has 0 bridgehead atoms. The Labute approximate surface area is 147 Å². The minimum atomic E-state index is -0.130. The van der Waals surface area contributed by atoms with E-state index >= 15 is 0 Å². The number of carbonyl (C=O) groups is 2. The summed E-state index contributed by atoms with van der Waals surface area (Å²) in [4.78, 5) is 23.6. The highest BCUT2D eigenvalue weighted by Crippen LogP contribution is 2.40. The molecule has 4 atom stereocenters. The summed E-state index contributed by atoms with van der Waals surface area (Å²) in [5.74, 6) is 2.01. The minimum absolute atomic E-state index is 0.130. The number of fused-ring (bicyclic) bond motifs is 2. The van der Waals surface area contributed by atoms with Gasteiger partial charge in [0.25, 0.3) is 0 Å². The molecular weight excluding hydrogens is 316 g/mol. The summed E-state index contributed by atoms with van der Waals surface area (Å²) in [6, 6.07) is 0. The van der Waals surface area contributed by atoms with E-state index in [1.807, 2.05) is 0 Å². The SMILES string of the molecule is O=C(CCCC(=O)NN=C1CC2CC=CC12)NN=C1CC2CC=CC12. The molecular formula is C19H24N4O2. The van der Waals surface area contributed by atoms with Crippen LogP contribution in [0.15, 0.2) is 34.5 Å². The molecule has 0 spiro atoms. The lowest BCUT2D eigenvalue weighted by Crippen LogP contribution is -2.35. The maximum atomic E-state index is 11.8. The first kappa shape index (κ1) is 16.2. The van der Waals surface area contributed by atoms with Crippen molar-refractivity contribution >= 4 is 23.2 Å². The van der Waals surface area contributed by atoms with Crippen molar-refractivity contribution < 1.29 is 9.59 Å². The molecule has 6 nitrogen and oxygen atoms in total. The second kappa shape index (κ2) is 6.94. The summed E-state index contributed by atoms with van der Waals surface area (Å²) in [5.41, 5.74) is 7.37. The van der Waals surface area contributed by atoms with Crippen LogP contribution in [0, 0.1) is 23.7 Å². The molecule has 4 aliphatic carbocycles. The van der Waals surface area contributed by atoms with Crippen molar-refractivity contribution in [3.8, 4) is 0 Å². The van der Waals surface area contributed by atoms with Crippen molar-refractivity contribution in [2.75, 3.05) is 0 Å². The lowest BCUT2D eigenvalue weighted by molar-refractivity contribution is -0.122. The standard InChI is InChI=1S/C19H24N4O2/c24-18(22-20-16-10-12-4-1-6-14(12)16)8-3-9-19(25)23-21-17-11-13-5-2-7-15(13)17/h1-2,6-7,12-15H,3-5,8-11H2,(H,22,24)(H,23,25). The summed E-state index contributed by atoms with van der Waals surface area (Å²) in [6.07, 6.45) is 14.1. The molecule has 2 saturated carbocycles. The molecule has 0 aromatic carbocycles. The Balaban J connectivity index is 1.11. The molecule has 4 rings (SSSR count). The average molecular weight is 340 g/mol. The van der Waals surface area contributed by atoms with Crippen molar-refractivity contribution in [1.82, 2.24) is 10.9 Å². The molecule has 6 heteroatoms. The molecule has 0 aromatic heterocycles. The molecule has 0 radical (unpaired) electrons. The summed E-state index contributed by atoms with van der Waals surface area (Å²) >= 11 is 0. The molecule has 132 valence electrons. The normalized spacial score (nSPS) is 34.4. The van der Waals surface area contributed by atoms with Crippen molar-refractivity contribution in [3.05, 3.63) is 24.3 Å². The van der Waals surface area contributed by atoms with Crippen LogP contribution in [0.4, 0.5) is 0 Å². The predicted molar refractivity (Wildman–Crippen MR) is 95.7 cm³/mol. The van der Waals surface area contributed by atoms with Crippen LogP contribution in [-0.2, 0) is 9.59 Å². The van der Waals surface area contributed by atoms with Crippen molar-refractivity contribution in [3.63, 3.8) is 0 Å². The number of nitrogens with one attached hydrogen (secondary N) is 2. The van der Waals surface area contributed by atoms with Crippen LogP contribution in [0.3, 0.4) is 0 Å². The van der Waals surface area contributed by atoms with Crippen molar-refractivity contribution in [2.24, 2.45) is 33.9 Å². The number of carbonyl (C=O) groups excluding carboxylic acids is 2. The van der Waals surface area contributed by atoms with Gasteiger partial charge in [0.1, 0.15) is 0 Å². The molecule has 2 N–H and O–H groups in total. The first-order chi connectivity index (χ1) is 12.2. The fraction of sp³-hybridized carbons (Fsp3) is 0.579. The highest BCUT2D eigenvalue weighted by atomic mass is 16.2. The first-order valence-electron chi connectivity index (χ1n) is 9.24. The van der Waals surface area contributed by atoms with E-state index in [-0.39, 0.29) is 11.8 Å². The van der Waals surface area contributed by atoms with Gasteiger partial charge in [-0.3, -0.25) is 9.59 Å². The van der Waals surface area contributed by atoms with Gasteiger partial charge in [0.05, 0.1) is 0 Å². The smallest absolute Gasteiger partial charge is 0.240 e. The van der Waals surface area contributed by atoms with E-state index < -0.39 is 0 Å². The van der Waals surface area contributed by atoms with E-state index in [9.17, 15) is 9.59 Å². The zero-order valence-corrected chi connectivity index (χ0v) is 14.3. The number of rotatable bonds is 6. The molecule has 0 aromatic rings. The number of hydrogen-bond donors (Lipinski definition) is 2. The van der Waals surface area contributed by atoms with Gasteiger partial charge in [-0.05, 0) is 43.9 Å². The molecule has 0 saturated heterocycles. The van der Waals surface area contributed by atoms with Gasteiger partial charge in [-0.15, -0.1) is 0 Å². The Hall–Kier alpha value is -2.24. The summed E-state index contributed by atoms with van der Waals surface area (Å²) in [6.45, 7) is 0. The van der Waals surface area contributed by atoms with E-state index in [1.165, 1.54) is 0 Å². The number of amides is 2. The Kier molecular flexibility index (Phi) is 4.51.